The molecular weight excluding hydrogens is 354 g/mol. The standard InChI is InChI=1S/C22H23N3OS/c1-4-17-6-9-19(10-7-17)23-21(26)14-27-22-12-11-20(24-25-22)18-8-5-15(2)16(3)13-18/h5-13H,4,14H2,1-3H3,(H,23,26). The molecule has 138 valence electrons. The highest BCUT2D eigenvalue weighted by Gasteiger charge is 2.07. The van der Waals surface area contributed by atoms with Gasteiger partial charge in [0.1, 0.15) is 5.03 Å². The predicted molar refractivity (Wildman–Crippen MR) is 112 cm³/mol. The van der Waals surface area contributed by atoms with Crippen LogP contribution in [0.2, 0.25) is 0 Å². The minimum absolute atomic E-state index is 0.0516. The molecule has 0 fully saturated rings. The van der Waals surface area contributed by atoms with Crippen molar-refractivity contribution in [2.75, 3.05) is 11.1 Å². The first-order valence-corrected chi connectivity index (χ1v) is 9.96. The molecule has 0 aliphatic carbocycles. The van der Waals surface area contributed by atoms with E-state index in [9.17, 15) is 4.79 Å². The van der Waals surface area contributed by atoms with Gasteiger partial charge in [0.15, 0.2) is 0 Å². The van der Waals surface area contributed by atoms with Gasteiger partial charge in [-0.25, -0.2) is 0 Å². The highest BCUT2D eigenvalue weighted by atomic mass is 32.2. The van der Waals surface area contributed by atoms with Crippen LogP contribution in [0.1, 0.15) is 23.6 Å². The molecule has 3 aromatic rings. The number of anilines is 1. The second-order valence-corrected chi connectivity index (χ2v) is 7.44. The van der Waals surface area contributed by atoms with Crippen molar-refractivity contribution >= 4 is 23.4 Å². The summed E-state index contributed by atoms with van der Waals surface area (Å²) in [6.45, 7) is 6.29. The Kier molecular flexibility index (Phi) is 6.24. The molecule has 0 aliphatic heterocycles. The van der Waals surface area contributed by atoms with E-state index in [2.05, 4.69) is 54.5 Å². The van der Waals surface area contributed by atoms with Crippen molar-refractivity contribution in [1.82, 2.24) is 10.2 Å². The SMILES string of the molecule is CCc1ccc(NC(=O)CSc2ccc(-c3ccc(C)c(C)c3)nn2)cc1. The van der Waals surface area contributed by atoms with Gasteiger partial charge in [-0.3, -0.25) is 4.79 Å². The fraction of sp³-hybridized carbons (Fsp3) is 0.227. The van der Waals surface area contributed by atoms with Crippen molar-refractivity contribution in [1.29, 1.82) is 0 Å². The van der Waals surface area contributed by atoms with E-state index in [1.165, 1.54) is 28.5 Å². The highest BCUT2D eigenvalue weighted by Crippen LogP contribution is 2.22. The zero-order chi connectivity index (χ0) is 19.2. The summed E-state index contributed by atoms with van der Waals surface area (Å²) in [4.78, 5) is 12.1. The first-order chi connectivity index (χ1) is 13.0. The van der Waals surface area contributed by atoms with Crippen LogP contribution in [-0.2, 0) is 11.2 Å². The number of aromatic nitrogens is 2. The summed E-state index contributed by atoms with van der Waals surface area (Å²) in [6.07, 6.45) is 0.987. The number of hydrogen-bond acceptors (Lipinski definition) is 4. The minimum Gasteiger partial charge on any atom is -0.325 e. The Morgan fingerprint density at radius 3 is 2.37 bits per heavy atom. The van der Waals surface area contributed by atoms with E-state index in [-0.39, 0.29) is 5.91 Å². The van der Waals surface area contributed by atoms with Gasteiger partial charge in [-0.15, -0.1) is 10.2 Å². The average Bonchev–Trinajstić information content (AvgIpc) is 2.69. The average molecular weight is 378 g/mol. The molecule has 0 saturated heterocycles. The Morgan fingerprint density at radius 2 is 1.74 bits per heavy atom. The predicted octanol–water partition coefficient (Wildman–Crippen LogP) is 5.05. The number of nitrogens with one attached hydrogen (secondary N) is 1. The number of aryl methyl sites for hydroxylation is 3. The molecule has 2 aromatic carbocycles. The molecule has 0 aliphatic rings. The molecule has 3 rings (SSSR count). The number of carbonyl (C=O) groups excluding carboxylic acids is 1. The summed E-state index contributed by atoms with van der Waals surface area (Å²) in [5.41, 5.74) is 6.44. The van der Waals surface area contributed by atoms with Crippen LogP contribution in [0.25, 0.3) is 11.3 Å². The Labute approximate surface area is 164 Å². The summed E-state index contributed by atoms with van der Waals surface area (Å²) >= 11 is 1.38. The number of amides is 1. The molecule has 1 amide bonds. The molecule has 1 aromatic heterocycles. The molecule has 0 radical (unpaired) electrons. The van der Waals surface area contributed by atoms with Crippen LogP contribution in [0.4, 0.5) is 5.69 Å². The molecule has 0 bridgehead atoms. The Balaban J connectivity index is 1.56. The molecular formula is C22H23N3OS. The van der Waals surface area contributed by atoms with E-state index in [0.717, 1.165) is 28.4 Å². The number of carbonyl (C=O) groups is 1. The number of hydrogen-bond donors (Lipinski definition) is 1. The maximum atomic E-state index is 12.1. The molecule has 0 atom stereocenters. The third kappa shape index (κ3) is 5.17. The largest absolute Gasteiger partial charge is 0.325 e. The van der Waals surface area contributed by atoms with E-state index >= 15 is 0 Å². The lowest BCUT2D eigenvalue weighted by Gasteiger charge is -2.07. The molecule has 5 heteroatoms. The van der Waals surface area contributed by atoms with Crippen molar-refractivity contribution in [2.24, 2.45) is 0 Å². The minimum atomic E-state index is -0.0516. The molecule has 1 N–H and O–H groups in total. The lowest BCUT2D eigenvalue weighted by molar-refractivity contribution is -0.113. The maximum Gasteiger partial charge on any atom is 0.234 e. The fourth-order valence-corrected chi connectivity index (χ4v) is 3.23. The Morgan fingerprint density at radius 1 is 0.963 bits per heavy atom. The van der Waals surface area contributed by atoms with Crippen LogP contribution >= 0.6 is 11.8 Å². The van der Waals surface area contributed by atoms with E-state index in [1.807, 2.05) is 36.4 Å². The third-order valence-corrected chi connectivity index (χ3v) is 5.36. The van der Waals surface area contributed by atoms with Crippen molar-refractivity contribution in [2.45, 2.75) is 32.2 Å². The topological polar surface area (TPSA) is 54.9 Å². The van der Waals surface area contributed by atoms with Crippen LogP contribution in [0.3, 0.4) is 0 Å². The monoisotopic (exact) mass is 377 g/mol. The van der Waals surface area contributed by atoms with Crippen molar-refractivity contribution in [3.8, 4) is 11.3 Å². The quantitative estimate of drug-likeness (QED) is 0.611. The zero-order valence-electron chi connectivity index (χ0n) is 15.8. The number of rotatable bonds is 6. The van der Waals surface area contributed by atoms with Gasteiger partial charge >= 0.3 is 0 Å². The molecule has 1 heterocycles. The smallest absolute Gasteiger partial charge is 0.234 e. The summed E-state index contributed by atoms with van der Waals surface area (Å²) in [7, 11) is 0. The van der Waals surface area contributed by atoms with Gasteiger partial charge in [0, 0.05) is 11.3 Å². The second-order valence-electron chi connectivity index (χ2n) is 6.44. The van der Waals surface area contributed by atoms with Gasteiger partial charge in [-0.1, -0.05) is 43.0 Å². The van der Waals surface area contributed by atoms with Gasteiger partial charge in [0.05, 0.1) is 11.4 Å². The van der Waals surface area contributed by atoms with Crippen LogP contribution in [0.5, 0.6) is 0 Å². The van der Waals surface area contributed by atoms with E-state index < -0.39 is 0 Å². The van der Waals surface area contributed by atoms with Gasteiger partial charge in [-0.2, -0.15) is 0 Å². The van der Waals surface area contributed by atoms with Crippen LogP contribution in [0.15, 0.2) is 59.6 Å². The molecule has 0 unspecified atom stereocenters. The number of nitrogens with zero attached hydrogens (tertiary/aromatic N) is 2. The Bertz CT molecular complexity index is 921. The van der Waals surface area contributed by atoms with Crippen molar-refractivity contribution in [3.63, 3.8) is 0 Å². The van der Waals surface area contributed by atoms with Crippen LogP contribution in [-0.4, -0.2) is 21.9 Å². The molecule has 0 spiro atoms. The van der Waals surface area contributed by atoms with Gasteiger partial charge < -0.3 is 5.32 Å². The summed E-state index contributed by atoms with van der Waals surface area (Å²) in [6, 6.07) is 18.0. The van der Waals surface area contributed by atoms with E-state index in [0.29, 0.717) is 5.75 Å². The van der Waals surface area contributed by atoms with Gasteiger partial charge in [0.25, 0.3) is 0 Å². The second kappa shape index (κ2) is 8.82. The van der Waals surface area contributed by atoms with Crippen LogP contribution in [0, 0.1) is 13.8 Å². The third-order valence-electron chi connectivity index (χ3n) is 4.44. The van der Waals surface area contributed by atoms with Gasteiger partial charge in [0.2, 0.25) is 5.91 Å². The van der Waals surface area contributed by atoms with Crippen molar-refractivity contribution in [3.05, 3.63) is 71.3 Å². The Hall–Kier alpha value is -2.66. The van der Waals surface area contributed by atoms with E-state index in [4.69, 9.17) is 0 Å². The van der Waals surface area contributed by atoms with Crippen LogP contribution < -0.4 is 5.32 Å². The number of thioether (sulfide) groups is 1. The fourth-order valence-electron chi connectivity index (χ4n) is 2.61. The first-order valence-electron chi connectivity index (χ1n) is 8.98. The summed E-state index contributed by atoms with van der Waals surface area (Å²) in [5.74, 6) is 0.247. The molecule has 0 saturated carbocycles. The number of benzene rings is 2. The molecule has 27 heavy (non-hydrogen) atoms. The van der Waals surface area contributed by atoms with E-state index in [1.54, 1.807) is 0 Å². The lowest BCUT2D eigenvalue weighted by Crippen LogP contribution is -2.14. The molecule has 4 nitrogen and oxygen atoms in total. The first kappa shape index (κ1) is 19.1. The zero-order valence-corrected chi connectivity index (χ0v) is 16.6. The highest BCUT2D eigenvalue weighted by molar-refractivity contribution is 7.99. The lowest BCUT2D eigenvalue weighted by atomic mass is 10.0. The normalized spacial score (nSPS) is 10.6. The summed E-state index contributed by atoms with van der Waals surface area (Å²) < 4.78 is 0. The maximum absolute atomic E-state index is 12.1. The van der Waals surface area contributed by atoms with Crippen molar-refractivity contribution < 1.29 is 4.79 Å². The van der Waals surface area contributed by atoms with Gasteiger partial charge in [-0.05, 0) is 67.3 Å². The summed E-state index contributed by atoms with van der Waals surface area (Å²) in [5, 5.41) is 12.2.